The number of hydrogen-bond acceptors (Lipinski definition) is 2. The van der Waals surface area contributed by atoms with Gasteiger partial charge in [0, 0.05) is 0 Å². The van der Waals surface area contributed by atoms with Gasteiger partial charge in [-0.05, 0) is 18.8 Å². The highest BCUT2D eigenvalue weighted by Crippen LogP contribution is 2.16. The third kappa shape index (κ3) is 5.22. The lowest BCUT2D eigenvalue weighted by Crippen LogP contribution is -2.49. The van der Waals surface area contributed by atoms with E-state index in [1.807, 2.05) is 6.92 Å². The minimum absolute atomic E-state index is 0.436. The molecule has 0 saturated carbocycles. The third-order valence-corrected chi connectivity index (χ3v) is 2.17. The van der Waals surface area contributed by atoms with Crippen molar-refractivity contribution in [2.45, 2.75) is 52.1 Å². The fourth-order valence-corrected chi connectivity index (χ4v) is 1.39. The van der Waals surface area contributed by atoms with E-state index in [9.17, 15) is 0 Å². The van der Waals surface area contributed by atoms with Crippen LogP contribution in [0.5, 0.6) is 0 Å². The van der Waals surface area contributed by atoms with Crippen LogP contribution in [0.3, 0.4) is 0 Å². The van der Waals surface area contributed by atoms with Crippen LogP contribution in [0.2, 0.25) is 0 Å². The summed E-state index contributed by atoms with van der Waals surface area (Å²) in [6.07, 6.45) is 4.26. The molecule has 0 aliphatic rings. The van der Waals surface area contributed by atoms with Crippen molar-refractivity contribution in [1.29, 1.82) is 0 Å². The van der Waals surface area contributed by atoms with E-state index in [0.29, 0.717) is 5.92 Å². The molecule has 0 heterocycles. The van der Waals surface area contributed by atoms with Gasteiger partial charge in [-0.15, -0.1) is 0 Å². The largest absolute Gasteiger partial charge is 0.313 e. The Morgan fingerprint density at radius 2 is 1.82 bits per heavy atom. The molecule has 0 spiro atoms. The van der Waals surface area contributed by atoms with Crippen LogP contribution in [-0.4, -0.2) is 5.66 Å². The monoisotopic (exact) mass is 158 g/mol. The van der Waals surface area contributed by atoms with Gasteiger partial charge >= 0.3 is 0 Å². The summed E-state index contributed by atoms with van der Waals surface area (Å²) in [6.45, 7) is 6.45. The van der Waals surface area contributed by atoms with Crippen molar-refractivity contribution in [3.63, 3.8) is 0 Å². The van der Waals surface area contributed by atoms with E-state index < -0.39 is 5.66 Å². The van der Waals surface area contributed by atoms with Gasteiger partial charge in [0.25, 0.3) is 0 Å². The van der Waals surface area contributed by atoms with Gasteiger partial charge in [-0.1, -0.05) is 33.6 Å². The lowest BCUT2D eigenvalue weighted by atomic mass is 9.92. The SMILES string of the molecule is CCCC(C)CC(N)(N)CC. The summed E-state index contributed by atoms with van der Waals surface area (Å²) in [5, 5.41) is 0. The lowest BCUT2D eigenvalue weighted by Gasteiger charge is -2.26. The fraction of sp³-hybridized carbons (Fsp3) is 1.00. The zero-order valence-electron chi connectivity index (χ0n) is 8.06. The molecule has 0 aromatic carbocycles. The van der Waals surface area contributed by atoms with Gasteiger partial charge in [-0.2, -0.15) is 0 Å². The van der Waals surface area contributed by atoms with Crippen molar-refractivity contribution >= 4 is 0 Å². The first kappa shape index (κ1) is 10.9. The van der Waals surface area contributed by atoms with Gasteiger partial charge < -0.3 is 11.5 Å². The molecule has 4 N–H and O–H groups in total. The molecule has 0 amide bonds. The van der Waals surface area contributed by atoms with Crippen LogP contribution < -0.4 is 11.5 Å². The van der Waals surface area contributed by atoms with E-state index in [1.165, 1.54) is 12.8 Å². The molecule has 0 rings (SSSR count). The number of rotatable bonds is 5. The molecule has 0 saturated heterocycles. The highest BCUT2D eigenvalue weighted by atomic mass is 14.9. The number of nitrogens with two attached hydrogens (primary N) is 2. The predicted molar refractivity (Wildman–Crippen MR) is 50.1 cm³/mol. The topological polar surface area (TPSA) is 52.0 Å². The maximum absolute atomic E-state index is 5.82. The van der Waals surface area contributed by atoms with Gasteiger partial charge in [0.1, 0.15) is 0 Å². The summed E-state index contributed by atoms with van der Waals surface area (Å²) in [5.74, 6) is 0.662. The van der Waals surface area contributed by atoms with Gasteiger partial charge in [0.15, 0.2) is 0 Å². The van der Waals surface area contributed by atoms with Crippen molar-refractivity contribution in [1.82, 2.24) is 0 Å². The Morgan fingerprint density at radius 1 is 1.27 bits per heavy atom. The molecule has 0 aromatic rings. The van der Waals surface area contributed by atoms with Crippen LogP contribution >= 0.6 is 0 Å². The Kier molecular flexibility index (Phi) is 4.69. The second-order valence-electron chi connectivity index (χ2n) is 3.68. The molecule has 1 unspecified atom stereocenters. The smallest absolute Gasteiger partial charge is 0.0636 e. The van der Waals surface area contributed by atoms with E-state index in [1.54, 1.807) is 0 Å². The molecule has 0 fully saturated rings. The Morgan fingerprint density at radius 3 is 2.18 bits per heavy atom. The van der Waals surface area contributed by atoms with Gasteiger partial charge in [-0.3, -0.25) is 0 Å². The highest BCUT2D eigenvalue weighted by molar-refractivity contribution is 4.76. The van der Waals surface area contributed by atoms with Crippen molar-refractivity contribution in [3.05, 3.63) is 0 Å². The summed E-state index contributed by atoms with van der Waals surface area (Å²) in [5.41, 5.74) is 11.2. The molecule has 1 atom stereocenters. The van der Waals surface area contributed by atoms with Crippen LogP contribution in [0.4, 0.5) is 0 Å². The molecule has 11 heavy (non-hydrogen) atoms. The summed E-state index contributed by atoms with van der Waals surface area (Å²) in [7, 11) is 0. The molecule has 68 valence electrons. The summed E-state index contributed by atoms with van der Waals surface area (Å²) in [4.78, 5) is 0. The zero-order valence-corrected chi connectivity index (χ0v) is 8.06. The first-order chi connectivity index (χ1) is 5.02. The van der Waals surface area contributed by atoms with Crippen molar-refractivity contribution in [3.8, 4) is 0 Å². The molecular formula is C9H22N2. The highest BCUT2D eigenvalue weighted by Gasteiger charge is 2.18. The first-order valence-corrected chi connectivity index (χ1v) is 4.59. The van der Waals surface area contributed by atoms with E-state index in [4.69, 9.17) is 11.5 Å². The van der Waals surface area contributed by atoms with E-state index in [0.717, 1.165) is 12.8 Å². The lowest BCUT2D eigenvalue weighted by molar-refractivity contribution is 0.315. The van der Waals surface area contributed by atoms with Crippen molar-refractivity contribution < 1.29 is 0 Å². The Labute approximate surface area is 70.3 Å². The minimum Gasteiger partial charge on any atom is -0.313 e. The first-order valence-electron chi connectivity index (χ1n) is 4.59. The minimum atomic E-state index is -0.436. The Balaban J connectivity index is 3.64. The van der Waals surface area contributed by atoms with Crippen LogP contribution in [0.15, 0.2) is 0 Å². The predicted octanol–water partition coefficient (Wildman–Crippen LogP) is 1.84. The van der Waals surface area contributed by atoms with Gasteiger partial charge in [0.05, 0.1) is 5.66 Å². The van der Waals surface area contributed by atoms with E-state index in [-0.39, 0.29) is 0 Å². The zero-order chi connectivity index (χ0) is 8.91. The van der Waals surface area contributed by atoms with E-state index >= 15 is 0 Å². The maximum atomic E-state index is 5.82. The van der Waals surface area contributed by atoms with E-state index in [2.05, 4.69) is 13.8 Å². The molecule has 2 heteroatoms. The third-order valence-electron chi connectivity index (χ3n) is 2.17. The van der Waals surface area contributed by atoms with Crippen LogP contribution in [0.1, 0.15) is 46.5 Å². The molecule has 2 nitrogen and oxygen atoms in total. The molecule has 0 aliphatic heterocycles. The standard InChI is InChI=1S/C9H22N2/c1-4-6-8(3)7-9(10,11)5-2/h8H,4-7,10-11H2,1-3H3. The average Bonchev–Trinajstić information content (AvgIpc) is 1.87. The molecule has 0 aromatic heterocycles. The van der Waals surface area contributed by atoms with Crippen LogP contribution in [0.25, 0.3) is 0 Å². The van der Waals surface area contributed by atoms with Crippen molar-refractivity contribution in [2.24, 2.45) is 17.4 Å². The van der Waals surface area contributed by atoms with Crippen molar-refractivity contribution in [2.75, 3.05) is 0 Å². The molecule has 0 bridgehead atoms. The summed E-state index contributed by atoms with van der Waals surface area (Å²) >= 11 is 0. The molecule has 0 aliphatic carbocycles. The van der Waals surface area contributed by atoms with Crippen LogP contribution in [0, 0.1) is 5.92 Å². The molecule has 0 radical (unpaired) electrons. The second kappa shape index (κ2) is 4.73. The second-order valence-corrected chi connectivity index (χ2v) is 3.68. The van der Waals surface area contributed by atoms with Gasteiger partial charge in [-0.25, -0.2) is 0 Å². The average molecular weight is 158 g/mol. The van der Waals surface area contributed by atoms with Gasteiger partial charge in [0.2, 0.25) is 0 Å². The molecular weight excluding hydrogens is 136 g/mol. The normalized spacial score (nSPS) is 15.0. The Bertz CT molecular complexity index is 99.7. The summed E-state index contributed by atoms with van der Waals surface area (Å²) < 4.78 is 0. The quantitative estimate of drug-likeness (QED) is 0.600. The number of hydrogen-bond donors (Lipinski definition) is 2. The fourth-order valence-electron chi connectivity index (χ4n) is 1.39. The maximum Gasteiger partial charge on any atom is 0.0636 e. The Hall–Kier alpha value is -0.0800. The van der Waals surface area contributed by atoms with Crippen LogP contribution in [-0.2, 0) is 0 Å². The summed E-state index contributed by atoms with van der Waals surface area (Å²) in [6, 6.07) is 0.